The summed E-state index contributed by atoms with van der Waals surface area (Å²) in [7, 11) is 1.91. The Labute approximate surface area is 91.3 Å². The van der Waals surface area contributed by atoms with Crippen molar-refractivity contribution in [2.75, 3.05) is 24.2 Å². The van der Waals surface area contributed by atoms with Crippen molar-refractivity contribution < 1.29 is 0 Å². The van der Waals surface area contributed by atoms with Gasteiger partial charge < -0.3 is 10.6 Å². The highest BCUT2D eigenvalue weighted by molar-refractivity contribution is 5.53. The average molecular weight is 205 g/mol. The van der Waals surface area contributed by atoms with E-state index in [1.54, 1.807) is 0 Å². The van der Waals surface area contributed by atoms with E-state index in [0.717, 1.165) is 29.8 Å². The molecule has 2 N–H and O–H groups in total. The summed E-state index contributed by atoms with van der Waals surface area (Å²) >= 11 is 0. The predicted octanol–water partition coefficient (Wildman–Crippen LogP) is 2.58. The van der Waals surface area contributed by atoms with Crippen molar-refractivity contribution in [3.05, 3.63) is 18.5 Å². The quantitative estimate of drug-likeness (QED) is 0.775. The number of anilines is 2. The standard InChI is InChI=1S/C12H19N3/c1-9(10-3-4-10)6-15-12-5-11(13-2)7-14-8-12/h5,7-10,13,15H,3-4,6H2,1-2H3. The van der Waals surface area contributed by atoms with Crippen LogP contribution in [-0.4, -0.2) is 18.6 Å². The predicted molar refractivity (Wildman–Crippen MR) is 64.2 cm³/mol. The second kappa shape index (κ2) is 4.51. The van der Waals surface area contributed by atoms with Crippen LogP contribution in [0.4, 0.5) is 11.4 Å². The molecule has 0 radical (unpaired) electrons. The van der Waals surface area contributed by atoms with Crippen LogP contribution in [0.1, 0.15) is 19.8 Å². The highest BCUT2D eigenvalue weighted by Gasteiger charge is 2.27. The van der Waals surface area contributed by atoms with E-state index in [-0.39, 0.29) is 0 Å². The first-order valence-electron chi connectivity index (χ1n) is 5.66. The van der Waals surface area contributed by atoms with Crippen LogP contribution in [0.5, 0.6) is 0 Å². The summed E-state index contributed by atoms with van der Waals surface area (Å²) in [6, 6.07) is 2.09. The number of hydrogen-bond donors (Lipinski definition) is 2. The zero-order valence-electron chi connectivity index (χ0n) is 9.46. The van der Waals surface area contributed by atoms with Crippen LogP contribution in [0.3, 0.4) is 0 Å². The summed E-state index contributed by atoms with van der Waals surface area (Å²) in [6.45, 7) is 3.37. The van der Waals surface area contributed by atoms with Crippen molar-refractivity contribution in [2.45, 2.75) is 19.8 Å². The lowest BCUT2D eigenvalue weighted by atomic mass is 10.1. The summed E-state index contributed by atoms with van der Waals surface area (Å²) in [5, 5.41) is 6.53. The Morgan fingerprint density at radius 3 is 2.80 bits per heavy atom. The van der Waals surface area contributed by atoms with Crippen LogP contribution < -0.4 is 10.6 Å². The third kappa shape index (κ3) is 2.85. The molecular weight excluding hydrogens is 186 g/mol. The van der Waals surface area contributed by atoms with Gasteiger partial charge in [-0.3, -0.25) is 4.98 Å². The number of aromatic nitrogens is 1. The number of nitrogens with one attached hydrogen (secondary N) is 2. The lowest BCUT2D eigenvalue weighted by Gasteiger charge is -2.12. The molecule has 0 spiro atoms. The normalized spacial score (nSPS) is 17.2. The molecule has 1 heterocycles. The minimum Gasteiger partial charge on any atom is -0.387 e. The summed E-state index contributed by atoms with van der Waals surface area (Å²) in [5.41, 5.74) is 2.16. The molecular formula is C12H19N3. The van der Waals surface area contributed by atoms with Gasteiger partial charge in [-0.2, -0.15) is 0 Å². The number of hydrogen-bond acceptors (Lipinski definition) is 3. The first kappa shape index (κ1) is 10.3. The van der Waals surface area contributed by atoms with Crippen molar-refractivity contribution in [3.8, 4) is 0 Å². The summed E-state index contributed by atoms with van der Waals surface area (Å²) in [6.07, 6.45) is 6.53. The first-order valence-corrected chi connectivity index (χ1v) is 5.66. The van der Waals surface area contributed by atoms with E-state index in [0.29, 0.717) is 0 Å². The Hall–Kier alpha value is -1.25. The zero-order chi connectivity index (χ0) is 10.7. The van der Waals surface area contributed by atoms with Crippen LogP contribution >= 0.6 is 0 Å². The third-order valence-electron chi connectivity index (χ3n) is 3.08. The van der Waals surface area contributed by atoms with Crippen LogP contribution in [-0.2, 0) is 0 Å². The Morgan fingerprint density at radius 2 is 2.13 bits per heavy atom. The zero-order valence-corrected chi connectivity index (χ0v) is 9.46. The average Bonchev–Trinajstić information content (AvgIpc) is 3.10. The molecule has 1 atom stereocenters. The van der Waals surface area contributed by atoms with Gasteiger partial charge in [0.25, 0.3) is 0 Å². The van der Waals surface area contributed by atoms with E-state index in [2.05, 4.69) is 28.6 Å². The maximum absolute atomic E-state index is 4.17. The van der Waals surface area contributed by atoms with Gasteiger partial charge in [-0.25, -0.2) is 0 Å². The topological polar surface area (TPSA) is 37.0 Å². The number of pyridine rings is 1. The molecule has 0 amide bonds. The molecule has 0 saturated heterocycles. The molecule has 3 nitrogen and oxygen atoms in total. The van der Waals surface area contributed by atoms with Crippen LogP contribution in [0, 0.1) is 11.8 Å². The Morgan fingerprint density at radius 1 is 1.40 bits per heavy atom. The van der Waals surface area contributed by atoms with Gasteiger partial charge in [0, 0.05) is 13.6 Å². The minimum atomic E-state index is 0.781. The Balaban J connectivity index is 1.86. The van der Waals surface area contributed by atoms with Crippen LogP contribution in [0.15, 0.2) is 18.5 Å². The molecule has 3 heteroatoms. The smallest absolute Gasteiger partial charge is 0.0547 e. The molecule has 0 aliphatic heterocycles. The fraction of sp³-hybridized carbons (Fsp3) is 0.583. The molecule has 15 heavy (non-hydrogen) atoms. The maximum atomic E-state index is 4.17. The van der Waals surface area contributed by atoms with Crippen molar-refractivity contribution in [1.82, 2.24) is 4.98 Å². The van der Waals surface area contributed by atoms with Crippen molar-refractivity contribution in [3.63, 3.8) is 0 Å². The molecule has 1 aromatic heterocycles. The summed E-state index contributed by atoms with van der Waals surface area (Å²) in [5.74, 6) is 1.74. The van der Waals surface area contributed by atoms with Gasteiger partial charge in [-0.05, 0) is 30.7 Å². The fourth-order valence-electron chi connectivity index (χ4n) is 1.78. The summed E-state index contributed by atoms with van der Waals surface area (Å²) in [4.78, 5) is 4.17. The van der Waals surface area contributed by atoms with Gasteiger partial charge in [0.15, 0.2) is 0 Å². The first-order chi connectivity index (χ1) is 7.29. The number of nitrogens with zero attached hydrogens (tertiary/aromatic N) is 1. The molecule has 0 aromatic carbocycles. The van der Waals surface area contributed by atoms with E-state index in [1.807, 2.05) is 19.4 Å². The largest absolute Gasteiger partial charge is 0.387 e. The summed E-state index contributed by atoms with van der Waals surface area (Å²) < 4.78 is 0. The lowest BCUT2D eigenvalue weighted by Crippen LogP contribution is -2.13. The molecule has 82 valence electrons. The number of rotatable bonds is 5. The Kier molecular flexibility index (Phi) is 3.09. The second-order valence-electron chi connectivity index (χ2n) is 4.41. The van der Waals surface area contributed by atoms with E-state index in [9.17, 15) is 0 Å². The van der Waals surface area contributed by atoms with E-state index < -0.39 is 0 Å². The van der Waals surface area contributed by atoms with Gasteiger partial charge in [0.05, 0.1) is 23.8 Å². The van der Waals surface area contributed by atoms with E-state index in [4.69, 9.17) is 0 Å². The van der Waals surface area contributed by atoms with E-state index >= 15 is 0 Å². The Bertz CT molecular complexity index is 320. The van der Waals surface area contributed by atoms with Crippen molar-refractivity contribution in [2.24, 2.45) is 11.8 Å². The van der Waals surface area contributed by atoms with Crippen molar-refractivity contribution >= 4 is 11.4 Å². The molecule has 1 aromatic rings. The molecule has 1 aliphatic rings. The highest BCUT2D eigenvalue weighted by atomic mass is 14.9. The van der Waals surface area contributed by atoms with Gasteiger partial charge in [0.1, 0.15) is 0 Å². The molecule has 0 bridgehead atoms. The second-order valence-corrected chi connectivity index (χ2v) is 4.41. The van der Waals surface area contributed by atoms with Gasteiger partial charge in [0.2, 0.25) is 0 Å². The third-order valence-corrected chi connectivity index (χ3v) is 3.08. The van der Waals surface area contributed by atoms with Gasteiger partial charge >= 0.3 is 0 Å². The molecule has 2 rings (SSSR count). The van der Waals surface area contributed by atoms with E-state index in [1.165, 1.54) is 12.8 Å². The maximum Gasteiger partial charge on any atom is 0.0547 e. The fourth-order valence-corrected chi connectivity index (χ4v) is 1.78. The SMILES string of the molecule is CNc1cncc(NCC(C)C2CC2)c1. The monoisotopic (exact) mass is 205 g/mol. The van der Waals surface area contributed by atoms with Gasteiger partial charge in [-0.1, -0.05) is 6.92 Å². The lowest BCUT2D eigenvalue weighted by molar-refractivity contribution is 0.536. The highest BCUT2D eigenvalue weighted by Crippen LogP contribution is 2.36. The van der Waals surface area contributed by atoms with Crippen molar-refractivity contribution in [1.29, 1.82) is 0 Å². The minimum absolute atomic E-state index is 0.781. The molecule has 1 aliphatic carbocycles. The van der Waals surface area contributed by atoms with Gasteiger partial charge in [-0.15, -0.1) is 0 Å². The van der Waals surface area contributed by atoms with Crippen LogP contribution in [0.2, 0.25) is 0 Å². The molecule has 1 unspecified atom stereocenters. The van der Waals surface area contributed by atoms with Crippen LogP contribution in [0.25, 0.3) is 0 Å². The molecule has 1 saturated carbocycles. The molecule has 1 fully saturated rings.